The van der Waals surface area contributed by atoms with Crippen molar-refractivity contribution < 1.29 is 13.2 Å². The quantitative estimate of drug-likeness (QED) is 0.770. The highest BCUT2D eigenvalue weighted by Gasteiger charge is 2.31. The molecule has 0 fully saturated rings. The Morgan fingerprint density at radius 2 is 2.07 bits per heavy atom. The van der Waals surface area contributed by atoms with E-state index in [1.54, 1.807) is 0 Å². The van der Waals surface area contributed by atoms with Crippen molar-refractivity contribution in [1.82, 2.24) is 4.98 Å². The van der Waals surface area contributed by atoms with E-state index < -0.39 is 18.6 Å². The molecular weight excluding hydrogens is 195 g/mol. The Morgan fingerprint density at radius 3 is 2.57 bits per heavy atom. The van der Waals surface area contributed by atoms with Gasteiger partial charge < -0.3 is 11.5 Å². The number of alkyl halides is 3. The molecule has 3 nitrogen and oxygen atoms in total. The monoisotopic (exact) mass is 205 g/mol. The molecule has 1 aromatic rings. The molecule has 0 saturated carbocycles. The minimum atomic E-state index is -4.29. The first-order chi connectivity index (χ1) is 6.38. The van der Waals surface area contributed by atoms with Gasteiger partial charge >= 0.3 is 6.18 Å². The predicted molar refractivity (Wildman–Crippen MR) is 46.2 cm³/mol. The van der Waals surface area contributed by atoms with E-state index in [2.05, 4.69) is 4.98 Å². The summed E-state index contributed by atoms with van der Waals surface area (Å²) in [4.78, 5) is 3.72. The average molecular weight is 205 g/mol. The molecule has 14 heavy (non-hydrogen) atoms. The number of hydrogen-bond donors (Lipinski definition) is 2. The van der Waals surface area contributed by atoms with E-state index >= 15 is 0 Å². The normalized spacial score (nSPS) is 14.0. The molecule has 0 aliphatic rings. The summed E-state index contributed by atoms with van der Waals surface area (Å²) in [6.45, 7) is 0. The van der Waals surface area contributed by atoms with E-state index in [9.17, 15) is 13.2 Å². The maximum Gasteiger partial charge on any atom is 0.390 e. The van der Waals surface area contributed by atoms with Crippen LogP contribution in [0.15, 0.2) is 18.3 Å². The van der Waals surface area contributed by atoms with Gasteiger partial charge in [-0.15, -0.1) is 0 Å². The van der Waals surface area contributed by atoms with Crippen LogP contribution in [-0.4, -0.2) is 11.2 Å². The Morgan fingerprint density at radius 1 is 1.43 bits per heavy atom. The smallest absolute Gasteiger partial charge is 0.390 e. The van der Waals surface area contributed by atoms with Crippen LogP contribution < -0.4 is 11.5 Å². The number of nitrogens with two attached hydrogens (primary N) is 2. The second kappa shape index (κ2) is 3.83. The standard InChI is InChI=1S/C8H10F3N3/c9-8(10,11)4-6(13)7-3-5(12)1-2-14-7/h1-3,6H,4,13H2,(H2,12,14)/t6-/m1/s1. The average Bonchev–Trinajstić information content (AvgIpc) is 2.01. The molecule has 0 spiro atoms. The van der Waals surface area contributed by atoms with Crippen LogP contribution in [0.3, 0.4) is 0 Å². The van der Waals surface area contributed by atoms with Crippen LogP contribution >= 0.6 is 0 Å². The molecule has 0 unspecified atom stereocenters. The highest BCUT2D eigenvalue weighted by Crippen LogP contribution is 2.27. The van der Waals surface area contributed by atoms with Gasteiger partial charge in [-0.2, -0.15) is 13.2 Å². The minimum absolute atomic E-state index is 0.155. The number of nitrogens with zero attached hydrogens (tertiary/aromatic N) is 1. The van der Waals surface area contributed by atoms with Crippen LogP contribution in [-0.2, 0) is 0 Å². The number of pyridine rings is 1. The van der Waals surface area contributed by atoms with E-state index in [4.69, 9.17) is 11.5 Å². The second-order valence-corrected chi connectivity index (χ2v) is 2.94. The lowest BCUT2D eigenvalue weighted by Gasteiger charge is -2.13. The van der Waals surface area contributed by atoms with Crippen LogP contribution in [0.1, 0.15) is 18.2 Å². The molecule has 4 N–H and O–H groups in total. The Hall–Kier alpha value is -1.30. The SMILES string of the molecule is Nc1ccnc([C@H](N)CC(F)(F)F)c1. The lowest BCUT2D eigenvalue weighted by atomic mass is 10.1. The zero-order valence-electron chi connectivity index (χ0n) is 7.25. The molecule has 0 saturated heterocycles. The maximum atomic E-state index is 12.0. The molecule has 1 atom stereocenters. The zero-order chi connectivity index (χ0) is 10.8. The van der Waals surface area contributed by atoms with Gasteiger partial charge in [-0.05, 0) is 12.1 Å². The van der Waals surface area contributed by atoms with Gasteiger partial charge in [0.15, 0.2) is 0 Å². The van der Waals surface area contributed by atoms with Crippen molar-refractivity contribution in [2.75, 3.05) is 5.73 Å². The lowest BCUT2D eigenvalue weighted by Crippen LogP contribution is -2.21. The molecule has 0 amide bonds. The summed E-state index contributed by atoms with van der Waals surface area (Å²) in [5.41, 5.74) is 11.2. The van der Waals surface area contributed by atoms with Gasteiger partial charge in [-0.25, -0.2) is 0 Å². The summed E-state index contributed by atoms with van der Waals surface area (Å²) >= 11 is 0. The molecule has 0 aromatic carbocycles. The van der Waals surface area contributed by atoms with Gasteiger partial charge in [0.2, 0.25) is 0 Å². The lowest BCUT2D eigenvalue weighted by molar-refractivity contribution is -0.138. The first-order valence-corrected chi connectivity index (χ1v) is 3.92. The van der Waals surface area contributed by atoms with E-state index in [1.807, 2.05) is 0 Å². The Balaban J connectivity index is 2.74. The van der Waals surface area contributed by atoms with Crippen LogP contribution in [0, 0.1) is 0 Å². The van der Waals surface area contributed by atoms with E-state index in [1.165, 1.54) is 18.3 Å². The van der Waals surface area contributed by atoms with Gasteiger partial charge in [0.25, 0.3) is 0 Å². The van der Waals surface area contributed by atoms with Crippen molar-refractivity contribution in [3.05, 3.63) is 24.0 Å². The van der Waals surface area contributed by atoms with Crippen molar-refractivity contribution in [2.24, 2.45) is 5.73 Å². The first-order valence-electron chi connectivity index (χ1n) is 3.92. The number of aromatic nitrogens is 1. The highest BCUT2D eigenvalue weighted by atomic mass is 19.4. The summed E-state index contributed by atoms with van der Waals surface area (Å²) in [6.07, 6.45) is -4.05. The fourth-order valence-electron chi connectivity index (χ4n) is 1.02. The van der Waals surface area contributed by atoms with Crippen molar-refractivity contribution in [2.45, 2.75) is 18.6 Å². The topological polar surface area (TPSA) is 64.9 Å². The van der Waals surface area contributed by atoms with Gasteiger partial charge in [0.05, 0.1) is 18.2 Å². The second-order valence-electron chi connectivity index (χ2n) is 2.94. The third-order valence-electron chi connectivity index (χ3n) is 1.64. The van der Waals surface area contributed by atoms with Gasteiger partial charge in [0, 0.05) is 11.9 Å². The predicted octanol–water partition coefficient (Wildman–Crippen LogP) is 1.62. The van der Waals surface area contributed by atoms with Gasteiger partial charge in [-0.3, -0.25) is 4.98 Å². The van der Waals surface area contributed by atoms with Crippen molar-refractivity contribution in [3.8, 4) is 0 Å². The third kappa shape index (κ3) is 3.21. The van der Waals surface area contributed by atoms with Crippen LogP contribution in [0.4, 0.5) is 18.9 Å². The highest BCUT2D eigenvalue weighted by molar-refractivity contribution is 5.37. The number of halogens is 3. The van der Waals surface area contributed by atoms with Crippen molar-refractivity contribution >= 4 is 5.69 Å². The van der Waals surface area contributed by atoms with E-state index in [-0.39, 0.29) is 5.69 Å². The van der Waals surface area contributed by atoms with E-state index in [0.717, 1.165) is 0 Å². The number of nitrogen functional groups attached to an aromatic ring is 1. The van der Waals surface area contributed by atoms with Crippen LogP contribution in [0.5, 0.6) is 0 Å². The van der Waals surface area contributed by atoms with Crippen LogP contribution in [0.2, 0.25) is 0 Å². The fourth-order valence-corrected chi connectivity index (χ4v) is 1.02. The molecule has 1 heterocycles. The first kappa shape index (κ1) is 10.8. The number of anilines is 1. The van der Waals surface area contributed by atoms with Crippen LogP contribution in [0.25, 0.3) is 0 Å². The third-order valence-corrected chi connectivity index (χ3v) is 1.64. The molecular formula is C8H10F3N3. The molecule has 1 aromatic heterocycles. The molecule has 1 rings (SSSR count). The summed E-state index contributed by atoms with van der Waals surface area (Å²) < 4.78 is 35.9. The van der Waals surface area contributed by atoms with E-state index in [0.29, 0.717) is 5.69 Å². The minimum Gasteiger partial charge on any atom is -0.399 e. The molecule has 78 valence electrons. The molecule has 0 radical (unpaired) electrons. The summed E-state index contributed by atoms with van der Waals surface area (Å²) in [5, 5.41) is 0. The fraction of sp³-hybridized carbons (Fsp3) is 0.375. The Labute approximate surface area is 78.9 Å². The zero-order valence-corrected chi connectivity index (χ0v) is 7.25. The maximum absolute atomic E-state index is 12.0. The Bertz CT molecular complexity index is 311. The number of hydrogen-bond acceptors (Lipinski definition) is 3. The molecule has 0 aliphatic carbocycles. The molecule has 0 aliphatic heterocycles. The largest absolute Gasteiger partial charge is 0.399 e. The number of rotatable bonds is 2. The summed E-state index contributed by atoms with van der Waals surface area (Å²) in [6, 6.07) is 1.68. The Kier molecular flexibility index (Phi) is 2.95. The summed E-state index contributed by atoms with van der Waals surface area (Å²) in [5.74, 6) is 0. The van der Waals surface area contributed by atoms with Gasteiger partial charge in [0.1, 0.15) is 0 Å². The van der Waals surface area contributed by atoms with Gasteiger partial charge in [-0.1, -0.05) is 0 Å². The summed E-state index contributed by atoms with van der Waals surface area (Å²) in [7, 11) is 0. The molecule has 6 heteroatoms. The van der Waals surface area contributed by atoms with Crippen molar-refractivity contribution in [1.29, 1.82) is 0 Å². The van der Waals surface area contributed by atoms with Crippen molar-refractivity contribution in [3.63, 3.8) is 0 Å². The molecule has 0 bridgehead atoms.